The first-order chi connectivity index (χ1) is 8.20. The van der Waals surface area contributed by atoms with Gasteiger partial charge in [0.25, 0.3) is 0 Å². The summed E-state index contributed by atoms with van der Waals surface area (Å²) in [5.74, 6) is 1.07. The summed E-state index contributed by atoms with van der Waals surface area (Å²) >= 11 is 0. The van der Waals surface area contributed by atoms with Gasteiger partial charge in [0.15, 0.2) is 0 Å². The quantitative estimate of drug-likeness (QED) is 0.835. The number of aryl methyl sites for hydroxylation is 1. The molecule has 2 rings (SSSR count). The predicted octanol–water partition coefficient (Wildman–Crippen LogP) is 1.72. The van der Waals surface area contributed by atoms with Gasteiger partial charge >= 0.3 is 0 Å². The molecule has 1 aliphatic carbocycles. The molecule has 1 heterocycles. The smallest absolute Gasteiger partial charge is 0.224 e. The third kappa shape index (κ3) is 2.75. The molecule has 2 N–H and O–H groups in total. The number of amides is 1. The van der Waals surface area contributed by atoms with Crippen molar-refractivity contribution in [2.24, 2.45) is 5.92 Å². The van der Waals surface area contributed by atoms with Crippen LogP contribution in [-0.2, 0) is 4.79 Å². The van der Waals surface area contributed by atoms with E-state index < -0.39 is 0 Å². The fourth-order valence-electron chi connectivity index (χ4n) is 2.45. The Morgan fingerprint density at radius 3 is 2.94 bits per heavy atom. The number of carbonyl (C=O) groups excluding carboxylic acids is 1. The van der Waals surface area contributed by atoms with Crippen molar-refractivity contribution in [3.8, 4) is 0 Å². The highest BCUT2D eigenvalue weighted by Crippen LogP contribution is 2.28. The summed E-state index contributed by atoms with van der Waals surface area (Å²) < 4.78 is 0. The Morgan fingerprint density at radius 2 is 2.24 bits per heavy atom. The highest BCUT2D eigenvalue weighted by Gasteiger charge is 2.32. The fourth-order valence-corrected chi connectivity index (χ4v) is 2.45. The molecule has 1 amide bonds. The number of hydrogen-bond acceptors (Lipinski definition) is 3. The fraction of sp³-hybridized carbons (Fsp3) is 0.538. The largest absolute Gasteiger partial charge is 0.367 e. The third-order valence-electron chi connectivity index (χ3n) is 3.32. The van der Waals surface area contributed by atoms with E-state index in [4.69, 9.17) is 0 Å². The molecule has 0 bridgehead atoms. The van der Waals surface area contributed by atoms with Gasteiger partial charge in [0.1, 0.15) is 5.82 Å². The standard InChI is InChI=1S/C13H19N3O/c1-9-5-3-8-12(15-9)16-11-7-4-6-10(11)13(17)14-2/h3,5,8,10-11H,4,6-7H2,1-2H3,(H,14,17)(H,15,16). The first-order valence-electron chi connectivity index (χ1n) is 6.12. The SMILES string of the molecule is CNC(=O)C1CCCC1Nc1cccc(C)n1. The number of hydrogen-bond donors (Lipinski definition) is 2. The van der Waals surface area contributed by atoms with Gasteiger partial charge in [-0.25, -0.2) is 4.98 Å². The van der Waals surface area contributed by atoms with Crippen LogP contribution >= 0.6 is 0 Å². The molecule has 92 valence electrons. The van der Waals surface area contributed by atoms with E-state index in [0.29, 0.717) is 0 Å². The summed E-state index contributed by atoms with van der Waals surface area (Å²) in [5.41, 5.74) is 0.990. The minimum atomic E-state index is 0.0716. The lowest BCUT2D eigenvalue weighted by atomic mass is 10.0. The van der Waals surface area contributed by atoms with Gasteiger partial charge in [-0.05, 0) is 31.9 Å². The maximum absolute atomic E-state index is 11.7. The van der Waals surface area contributed by atoms with Gasteiger partial charge < -0.3 is 10.6 Å². The molecule has 0 saturated heterocycles. The molecule has 1 saturated carbocycles. The molecule has 2 unspecified atom stereocenters. The summed E-state index contributed by atoms with van der Waals surface area (Å²) in [7, 11) is 1.70. The van der Waals surface area contributed by atoms with Crippen LogP contribution in [0.5, 0.6) is 0 Å². The molecule has 1 aliphatic rings. The molecule has 1 fully saturated rings. The van der Waals surface area contributed by atoms with Crippen molar-refractivity contribution in [3.05, 3.63) is 23.9 Å². The molecule has 0 radical (unpaired) electrons. The van der Waals surface area contributed by atoms with Crippen molar-refractivity contribution in [1.82, 2.24) is 10.3 Å². The van der Waals surface area contributed by atoms with Crippen LogP contribution in [0.3, 0.4) is 0 Å². The summed E-state index contributed by atoms with van der Waals surface area (Å²) in [4.78, 5) is 16.1. The second-order valence-electron chi connectivity index (χ2n) is 4.57. The molecule has 1 aromatic rings. The van der Waals surface area contributed by atoms with Gasteiger partial charge in [0.2, 0.25) is 5.91 Å². The van der Waals surface area contributed by atoms with E-state index in [1.54, 1.807) is 7.05 Å². The number of carbonyl (C=O) groups is 1. The Bertz CT molecular complexity index is 405. The number of pyridine rings is 1. The van der Waals surface area contributed by atoms with Crippen LogP contribution in [0.25, 0.3) is 0 Å². The zero-order valence-electron chi connectivity index (χ0n) is 10.4. The maximum Gasteiger partial charge on any atom is 0.224 e. The van der Waals surface area contributed by atoms with Gasteiger partial charge in [-0.2, -0.15) is 0 Å². The summed E-state index contributed by atoms with van der Waals surface area (Å²) in [6.45, 7) is 1.97. The van der Waals surface area contributed by atoms with Crippen LogP contribution in [0, 0.1) is 12.8 Å². The second kappa shape index (κ2) is 5.17. The van der Waals surface area contributed by atoms with Gasteiger partial charge in [-0.3, -0.25) is 4.79 Å². The first-order valence-corrected chi connectivity index (χ1v) is 6.12. The van der Waals surface area contributed by atoms with Crippen molar-refractivity contribution in [1.29, 1.82) is 0 Å². The zero-order chi connectivity index (χ0) is 12.3. The van der Waals surface area contributed by atoms with Gasteiger partial charge in [0.05, 0.1) is 5.92 Å². The average molecular weight is 233 g/mol. The average Bonchev–Trinajstić information content (AvgIpc) is 2.76. The maximum atomic E-state index is 11.7. The zero-order valence-corrected chi connectivity index (χ0v) is 10.4. The van der Waals surface area contributed by atoms with E-state index in [1.807, 2.05) is 25.1 Å². The highest BCUT2D eigenvalue weighted by atomic mass is 16.1. The van der Waals surface area contributed by atoms with Gasteiger partial charge in [-0.1, -0.05) is 12.5 Å². The van der Waals surface area contributed by atoms with E-state index in [9.17, 15) is 4.79 Å². The molecule has 4 heteroatoms. The molecular formula is C13H19N3O. The summed E-state index contributed by atoms with van der Waals surface area (Å²) in [6.07, 6.45) is 3.10. The number of aromatic nitrogens is 1. The molecule has 0 aliphatic heterocycles. The number of rotatable bonds is 3. The lowest BCUT2D eigenvalue weighted by Crippen LogP contribution is -2.36. The van der Waals surface area contributed by atoms with Gasteiger partial charge in [-0.15, -0.1) is 0 Å². The Balaban J connectivity index is 2.05. The van der Waals surface area contributed by atoms with Crippen LogP contribution in [-0.4, -0.2) is 24.0 Å². The normalized spacial score (nSPS) is 23.4. The Morgan fingerprint density at radius 1 is 1.41 bits per heavy atom. The first kappa shape index (κ1) is 11.9. The predicted molar refractivity (Wildman–Crippen MR) is 67.8 cm³/mol. The Hall–Kier alpha value is -1.58. The van der Waals surface area contributed by atoms with Crippen LogP contribution < -0.4 is 10.6 Å². The van der Waals surface area contributed by atoms with Crippen LogP contribution in [0.2, 0.25) is 0 Å². The van der Waals surface area contributed by atoms with E-state index in [1.165, 1.54) is 0 Å². The lowest BCUT2D eigenvalue weighted by Gasteiger charge is -2.20. The third-order valence-corrected chi connectivity index (χ3v) is 3.32. The van der Waals surface area contributed by atoms with E-state index in [0.717, 1.165) is 30.8 Å². The molecular weight excluding hydrogens is 214 g/mol. The van der Waals surface area contributed by atoms with Gasteiger partial charge in [0, 0.05) is 18.8 Å². The second-order valence-corrected chi connectivity index (χ2v) is 4.57. The summed E-state index contributed by atoms with van der Waals surface area (Å²) in [6, 6.07) is 6.11. The minimum Gasteiger partial charge on any atom is -0.367 e. The minimum absolute atomic E-state index is 0.0716. The van der Waals surface area contributed by atoms with E-state index in [-0.39, 0.29) is 17.9 Å². The Labute approximate surface area is 102 Å². The molecule has 17 heavy (non-hydrogen) atoms. The van der Waals surface area contributed by atoms with E-state index in [2.05, 4.69) is 15.6 Å². The topological polar surface area (TPSA) is 54.0 Å². The Kier molecular flexibility index (Phi) is 3.61. The van der Waals surface area contributed by atoms with Crippen molar-refractivity contribution in [3.63, 3.8) is 0 Å². The molecule has 4 nitrogen and oxygen atoms in total. The van der Waals surface area contributed by atoms with Crippen molar-refractivity contribution < 1.29 is 4.79 Å². The van der Waals surface area contributed by atoms with E-state index >= 15 is 0 Å². The van der Waals surface area contributed by atoms with Crippen molar-refractivity contribution in [2.75, 3.05) is 12.4 Å². The number of nitrogens with zero attached hydrogens (tertiary/aromatic N) is 1. The monoisotopic (exact) mass is 233 g/mol. The van der Waals surface area contributed by atoms with Crippen LogP contribution in [0.15, 0.2) is 18.2 Å². The van der Waals surface area contributed by atoms with Crippen LogP contribution in [0.4, 0.5) is 5.82 Å². The van der Waals surface area contributed by atoms with Crippen molar-refractivity contribution in [2.45, 2.75) is 32.2 Å². The summed E-state index contributed by atoms with van der Waals surface area (Å²) in [5, 5.41) is 6.11. The van der Waals surface area contributed by atoms with Crippen LogP contribution in [0.1, 0.15) is 25.0 Å². The number of anilines is 1. The molecule has 1 aromatic heterocycles. The molecule has 0 aromatic carbocycles. The highest BCUT2D eigenvalue weighted by molar-refractivity contribution is 5.79. The lowest BCUT2D eigenvalue weighted by molar-refractivity contribution is -0.124. The number of nitrogens with one attached hydrogen (secondary N) is 2. The molecule has 2 atom stereocenters. The molecule has 0 spiro atoms. The van der Waals surface area contributed by atoms with Crippen molar-refractivity contribution >= 4 is 11.7 Å².